The highest BCUT2D eigenvalue weighted by Crippen LogP contribution is 2.27. The van der Waals surface area contributed by atoms with Crippen LogP contribution in [-0.4, -0.2) is 18.7 Å². The van der Waals surface area contributed by atoms with E-state index in [1.807, 2.05) is 19.2 Å². The van der Waals surface area contributed by atoms with Gasteiger partial charge in [-0.3, -0.25) is 0 Å². The van der Waals surface area contributed by atoms with Crippen LogP contribution in [0.2, 0.25) is 0 Å². The highest BCUT2D eigenvalue weighted by molar-refractivity contribution is 5.58. The van der Waals surface area contributed by atoms with Crippen molar-refractivity contribution in [2.75, 3.05) is 18.5 Å². The second-order valence-electron chi connectivity index (χ2n) is 4.96. The fourth-order valence-corrected chi connectivity index (χ4v) is 1.99. The van der Waals surface area contributed by atoms with Crippen molar-refractivity contribution >= 4 is 5.69 Å². The quantitative estimate of drug-likeness (QED) is 0.868. The maximum Gasteiger partial charge on any atom is 0.0992 e. The summed E-state index contributed by atoms with van der Waals surface area (Å²) in [6, 6.07) is 7.59. The number of hydrogen-bond donors (Lipinski definition) is 1. The lowest BCUT2D eigenvalue weighted by atomic mass is 10.0. The molecule has 0 bridgehead atoms. The van der Waals surface area contributed by atoms with Crippen molar-refractivity contribution in [2.24, 2.45) is 5.92 Å². The standard InChI is InChI=1S/C15H22N2O/c1-5-11(2)10-17(4)15-8-13(9-16)6-7-14(15)12(3)18/h6-8,11-12,18H,5,10H2,1-4H3. The normalized spacial score (nSPS) is 13.8. The number of aliphatic hydroxyl groups is 1. The molecular weight excluding hydrogens is 224 g/mol. The van der Waals surface area contributed by atoms with Crippen molar-refractivity contribution < 1.29 is 5.11 Å². The molecular formula is C15H22N2O. The van der Waals surface area contributed by atoms with Crippen molar-refractivity contribution in [2.45, 2.75) is 33.3 Å². The Morgan fingerprint density at radius 2 is 2.06 bits per heavy atom. The summed E-state index contributed by atoms with van der Waals surface area (Å²) in [7, 11) is 2.01. The molecule has 0 fully saturated rings. The molecule has 0 spiro atoms. The molecule has 0 heterocycles. The van der Waals surface area contributed by atoms with Gasteiger partial charge in [0.15, 0.2) is 0 Å². The molecule has 3 heteroatoms. The summed E-state index contributed by atoms with van der Waals surface area (Å²) in [5.41, 5.74) is 2.45. The molecule has 0 radical (unpaired) electrons. The Kier molecular flexibility index (Phi) is 5.18. The third kappa shape index (κ3) is 3.48. The predicted octanol–water partition coefficient (Wildman–Crippen LogP) is 3.09. The zero-order chi connectivity index (χ0) is 13.7. The largest absolute Gasteiger partial charge is 0.389 e. The molecule has 1 aromatic carbocycles. The van der Waals surface area contributed by atoms with E-state index in [2.05, 4.69) is 24.8 Å². The molecule has 2 unspecified atom stereocenters. The highest BCUT2D eigenvalue weighted by atomic mass is 16.3. The van der Waals surface area contributed by atoms with Crippen LogP contribution in [0.1, 0.15) is 44.4 Å². The zero-order valence-corrected chi connectivity index (χ0v) is 11.6. The molecule has 0 amide bonds. The maximum absolute atomic E-state index is 9.80. The number of nitrogens with zero attached hydrogens (tertiary/aromatic N) is 2. The van der Waals surface area contributed by atoms with Crippen LogP contribution < -0.4 is 4.90 Å². The third-order valence-electron chi connectivity index (χ3n) is 3.30. The summed E-state index contributed by atoms with van der Waals surface area (Å²) in [6.07, 6.45) is 0.596. The Morgan fingerprint density at radius 1 is 1.39 bits per heavy atom. The average Bonchev–Trinajstić information content (AvgIpc) is 2.37. The minimum absolute atomic E-state index is 0.521. The molecule has 1 aromatic rings. The van der Waals surface area contributed by atoms with Crippen molar-refractivity contribution in [3.8, 4) is 6.07 Å². The van der Waals surface area contributed by atoms with Crippen molar-refractivity contribution in [3.63, 3.8) is 0 Å². The van der Waals surface area contributed by atoms with Gasteiger partial charge in [0.2, 0.25) is 0 Å². The van der Waals surface area contributed by atoms with Gasteiger partial charge in [-0.15, -0.1) is 0 Å². The SMILES string of the molecule is CCC(C)CN(C)c1cc(C#N)ccc1C(C)O. The van der Waals surface area contributed by atoms with E-state index in [0.29, 0.717) is 11.5 Å². The maximum atomic E-state index is 9.80. The lowest BCUT2D eigenvalue weighted by Crippen LogP contribution is -2.25. The van der Waals surface area contributed by atoms with E-state index in [0.717, 1.165) is 24.2 Å². The van der Waals surface area contributed by atoms with E-state index in [1.165, 1.54) is 0 Å². The van der Waals surface area contributed by atoms with Crippen LogP contribution >= 0.6 is 0 Å². The first-order valence-corrected chi connectivity index (χ1v) is 6.42. The number of hydrogen-bond acceptors (Lipinski definition) is 3. The Balaban J connectivity index is 3.07. The molecule has 0 aliphatic rings. The van der Waals surface area contributed by atoms with Gasteiger partial charge in [0.05, 0.1) is 17.7 Å². The van der Waals surface area contributed by atoms with Gasteiger partial charge in [-0.25, -0.2) is 0 Å². The molecule has 98 valence electrons. The first kappa shape index (κ1) is 14.5. The molecule has 3 nitrogen and oxygen atoms in total. The van der Waals surface area contributed by atoms with Gasteiger partial charge in [0, 0.05) is 24.8 Å². The van der Waals surface area contributed by atoms with Crippen molar-refractivity contribution in [1.29, 1.82) is 5.26 Å². The smallest absolute Gasteiger partial charge is 0.0992 e. The van der Waals surface area contributed by atoms with E-state index in [9.17, 15) is 5.11 Å². The number of benzene rings is 1. The molecule has 2 atom stereocenters. The van der Waals surface area contributed by atoms with E-state index in [4.69, 9.17) is 5.26 Å². The minimum Gasteiger partial charge on any atom is -0.389 e. The predicted molar refractivity (Wildman–Crippen MR) is 74.5 cm³/mol. The van der Waals surface area contributed by atoms with Gasteiger partial charge in [-0.05, 0) is 25.0 Å². The van der Waals surface area contributed by atoms with Crippen LogP contribution in [0.3, 0.4) is 0 Å². The minimum atomic E-state index is -0.521. The second kappa shape index (κ2) is 6.42. The first-order valence-electron chi connectivity index (χ1n) is 6.42. The third-order valence-corrected chi connectivity index (χ3v) is 3.30. The zero-order valence-electron chi connectivity index (χ0n) is 11.6. The summed E-state index contributed by atoms with van der Waals surface area (Å²) in [5, 5.41) is 18.8. The first-order chi connectivity index (χ1) is 8.49. The lowest BCUT2D eigenvalue weighted by molar-refractivity contribution is 0.199. The fraction of sp³-hybridized carbons (Fsp3) is 0.533. The number of nitriles is 1. The van der Waals surface area contributed by atoms with Crippen molar-refractivity contribution in [1.82, 2.24) is 0 Å². The average molecular weight is 246 g/mol. The monoisotopic (exact) mass is 246 g/mol. The van der Waals surface area contributed by atoms with Crippen LogP contribution in [0, 0.1) is 17.2 Å². The van der Waals surface area contributed by atoms with Gasteiger partial charge in [0.1, 0.15) is 0 Å². The topological polar surface area (TPSA) is 47.3 Å². The van der Waals surface area contributed by atoms with Gasteiger partial charge < -0.3 is 10.0 Å². The summed E-state index contributed by atoms with van der Waals surface area (Å²) < 4.78 is 0. The van der Waals surface area contributed by atoms with Crippen LogP contribution in [0.4, 0.5) is 5.69 Å². The Bertz CT molecular complexity index is 435. The van der Waals surface area contributed by atoms with Gasteiger partial charge in [-0.2, -0.15) is 5.26 Å². The van der Waals surface area contributed by atoms with Gasteiger partial charge >= 0.3 is 0 Å². The summed E-state index contributed by atoms with van der Waals surface area (Å²) in [6.45, 7) is 7.04. The lowest BCUT2D eigenvalue weighted by Gasteiger charge is -2.26. The number of anilines is 1. The van der Waals surface area contributed by atoms with Gasteiger partial charge in [-0.1, -0.05) is 26.3 Å². The van der Waals surface area contributed by atoms with Crippen LogP contribution in [0.25, 0.3) is 0 Å². The summed E-state index contributed by atoms with van der Waals surface area (Å²) in [5.74, 6) is 0.586. The Hall–Kier alpha value is -1.53. The number of aliphatic hydroxyl groups excluding tert-OH is 1. The van der Waals surface area contributed by atoms with Crippen molar-refractivity contribution in [3.05, 3.63) is 29.3 Å². The van der Waals surface area contributed by atoms with Crippen LogP contribution in [0.5, 0.6) is 0 Å². The Labute approximate surface area is 110 Å². The molecule has 0 aromatic heterocycles. The van der Waals surface area contributed by atoms with E-state index < -0.39 is 6.10 Å². The molecule has 0 saturated carbocycles. The Morgan fingerprint density at radius 3 is 2.56 bits per heavy atom. The van der Waals surface area contributed by atoms with E-state index in [-0.39, 0.29) is 0 Å². The number of rotatable bonds is 5. The molecule has 1 rings (SSSR count). The second-order valence-corrected chi connectivity index (χ2v) is 4.96. The van der Waals surface area contributed by atoms with Crippen LogP contribution in [-0.2, 0) is 0 Å². The summed E-state index contributed by atoms with van der Waals surface area (Å²) in [4.78, 5) is 2.12. The molecule has 0 aliphatic heterocycles. The molecule has 1 N–H and O–H groups in total. The fourth-order valence-electron chi connectivity index (χ4n) is 1.99. The highest BCUT2D eigenvalue weighted by Gasteiger charge is 2.14. The molecule has 0 aliphatic carbocycles. The van der Waals surface area contributed by atoms with Gasteiger partial charge in [0.25, 0.3) is 0 Å². The van der Waals surface area contributed by atoms with E-state index >= 15 is 0 Å². The van der Waals surface area contributed by atoms with E-state index in [1.54, 1.807) is 13.0 Å². The molecule has 0 saturated heterocycles. The summed E-state index contributed by atoms with van der Waals surface area (Å²) >= 11 is 0. The molecule has 18 heavy (non-hydrogen) atoms. The van der Waals surface area contributed by atoms with Crippen LogP contribution in [0.15, 0.2) is 18.2 Å².